The molecular weight excluding hydrogens is 1060 g/mol. The van der Waals surface area contributed by atoms with Crippen molar-refractivity contribution in [2.75, 3.05) is 0 Å². The van der Waals surface area contributed by atoms with Crippen LogP contribution in [0.15, 0.2) is 146 Å². The molecule has 3 nitrogen and oxygen atoms in total. The van der Waals surface area contributed by atoms with Gasteiger partial charge in [0, 0.05) is 29.3 Å². The van der Waals surface area contributed by atoms with Gasteiger partial charge in [-0.1, -0.05) is 235 Å². The molecule has 0 bridgehead atoms. The highest BCUT2D eigenvalue weighted by Crippen LogP contribution is 2.44. The molecular formula is C78H102N3Si3+3. The van der Waals surface area contributed by atoms with E-state index in [1.807, 2.05) is 0 Å². The van der Waals surface area contributed by atoms with Crippen LogP contribution < -0.4 is 29.3 Å². The average molecular weight is 1170 g/mol. The van der Waals surface area contributed by atoms with Crippen molar-refractivity contribution in [2.24, 2.45) is 37.4 Å². The first kappa shape index (κ1) is 61.3. The zero-order chi connectivity index (χ0) is 60.3. The minimum atomic E-state index is -1.36. The molecule has 0 unspecified atom stereocenters. The van der Waals surface area contributed by atoms with Crippen molar-refractivity contribution < 1.29 is 13.7 Å². The molecule has 6 aromatic carbocycles. The van der Waals surface area contributed by atoms with Crippen LogP contribution in [0.1, 0.15) is 113 Å². The Bertz CT molecular complexity index is 3930. The summed E-state index contributed by atoms with van der Waals surface area (Å²) in [5.41, 5.74) is 17.8. The van der Waals surface area contributed by atoms with Gasteiger partial charge >= 0.3 is 0 Å². The van der Waals surface area contributed by atoms with E-state index in [0.29, 0.717) is 16.2 Å². The van der Waals surface area contributed by atoms with Crippen LogP contribution in [0.2, 0.25) is 55.9 Å². The fourth-order valence-corrected chi connectivity index (χ4v) is 27.5. The van der Waals surface area contributed by atoms with Crippen molar-refractivity contribution in [3.05, 3.63) is 179 Å². The maximum Gasteiger partial charge on any atom is 0.220 e. The van der Waals surface area contributed by atoms with E-state index in [0.717, 1.165) is 0 Å². The summed E-state index contributed by atoms with van der Waals surface area (Å²) in [6, 6.07) is 57.8. The zero-order valence-electron chi connectivity index (χ0n) is 55.2. The summed E-state index contributed by atoms with van der Waals surface area (Å²) >= 11 is 0. The third-order valence-electron chi connectivity index (χ3n) is 21.7. The van der Waals surface area contributed by atoms with Crippen molar-refractivity contribution in [1.82, 2.24) is 0 Å². The molecule has 0 saturated carbocycles. The lowest BCUT2D eigenvalue weighted by Gasteiger charge is -2.40. The standard InChI is InChI=1S/C27H36NSi.C26H34NSi.C25H32NSi/c1-19-16-20(2)21(3)25(17-19)26-24-9-8-23(18-22(24)10-13-28(26)6)29(7)14-11-27(4,5)12-15-29;1-19-7-8-20(2)24(17-19)25-23-10-9-22(18-21(23)11-14-27(25)5)28(6)15-12-26(3,4)13-16-28;1-19-8-6-7-9-22(19)24-23-11-10-21(18-20(23)12-15-26(24)4)27(5)16-13-25(2,3)14-17-27/h8-10,13,16-18H,11-12,14-15H2,1-7H3;7-11,14,17-18H,12-13,15-16H2,1-6H3;6-12,15,18H,13-14,16-17H2,1-5H3/q3*+1. The number of nitrogens with zero attached hydrogens (tertiary/aromatic N) is 3. The van der Waals surface area contributed by atoms with E-state index >= 15 is 0 Å². The van der Waals surface area contributed by atoms with Gasteiger partial charge in [-0.3, -0.25) is 0 Å². The molecule has 0 aliphatic carbocycles. The van der Waals surface area contributed by atoms with Gasteiger partial charge in [0.25, 0.3) is 0 Å². The normalized spacial score (nSPS) is 18.4. The van der Waals surface area contributed by atoms with Crippen molar-refractivity contribution in [2.45, 2.75) is 178 Å². The highest BCUT2D eigenvalue weighted by Gasteiger charge is 2.41. The summed E-state index contributed by atoms with van der Waals surface area (Å²) in [6.07, 6.45) is 15.0. The van der Waals surface area contributed by atoms with Gasteiger partial charge in [0.05, 0.1) is 45.9 Å². The monoisotopic (exact) mass is 1160 g/mol. The van der Waals surface area contributed by atoms with Crippen LogP contribution in [0.25, 0.3) is 66.1 Å². The van der Waals surface area contributed by atoms with E-state index in [1.165, 1.54) is 174 Å². The van der Waals surface area contributed by atoms with E-state index in [4.69, 9.17) is 0 Å². The van der Waals surface area contributed by atoms with E-state index < -0.39 is 24.2 Å². The average Bonchev–Trinajstić information content (AvgIpc) is 1.45. The van der Waals surface area contributed by atoms with Gasteiger partial charge in [-0.15, -0.1) is 0 Å². The molecule has 9 aromatic rings. The maximum absolute atomic E-state index is 2.61. The lowest BCUT2D eigenvalue weighted by atomic mass is 9.87. The fraction of sp³-hybridized carbons (Fsp3) is 0.423. The van der Waals surface area contributed by atoms with Crippen molar-refractivity contribution in [3.63, 3.8) is 0 Å². The molecule has 3 saturated heterocycles. The third-order valence-corrected chi connectivity index (χ3v) is 35.0. The van der Waals surface area contributed by atoms with Crippen LogP contribution in [0.5, 0.6) is 0 Å². The maximum atomic E-state index is 2.61. The van der Waals surface area contributed by atoms with Gasteiger partial charge in [0.1, 0.15) is 21.1 Å². The first-order chi connectivity index (χ1) is 39.6. The Labute approximate surface area is 510 Å². The van der Waals surface area contributed by atoms with Crippen LogP contribution >= 0.6 is 0 Å². The first-order valence-corrected chi connectivity index (χ1v) is 40.8. The molecule has 0 atom stereocenters. The Balaban J connectivity index is 0.000000140. The molecule has 0 N–H and O–H groups in total. The summed E-state index contributed by atoms with van der Waals surface area (Å²) < 4.78 is 6.85. The van der Waals surface area contributed by atoms with E-state index in [-0.39, 0.29) is 0 Å². The van der Waals surface area contributed by atoms with E-state index in [9.17, 15) is 0 Å². The Hall–Kier alpha value is -5.80. The van der Waals surface area contributed by atoms with Gasteiger partial charge in [0.15, 0.2) is 18.6 Å². The van der Waals surface area contributed by atoms with Crippen LogP contribution in [-0.2, 0) is 21.1 Å². The van der Waals surface area contributed by atoms with Gasteiger partial charge in [-0.25, -0.2) is 13.7 Å². The number of benzene rings is 6. The predicted molar refractivity (Wildman–Crippen MR) is 372 cm³/mol. The molecule has 3 aromatic heterocycles. The minimum Gasteiger partial charge on any atom is -0.200 e. The molecule has 0 spiro atoms. The quantitative estimate of drug-likeness (QED) is 0.116. The lowest BCUT2D eigenvalue weighted by molar-refractivity contribution is -0.659. The Kier molecular flexibility index (Phi) is 17.1. The molecule has 0 radical (unpaired) electrons. The molecule has 12 rings (SSSR count). The van der Waals surface area contributed by atoms with Gasteiger partial charge in [0.2, 0.25) is 17.1 Å². The Morgan fingerprint density at radius 1 is 0.333 bits per heavy atom. The second-order valence-corrected chi connectivity index (χ2v) is 44.4. The molecule has 0 amide bonds. The van der Waals surface area contributed by atoms with Crippen LogP contribution in [0.4, 0.5) is 0 Å². The number of rotatable bonds is 6. The smallest absolute Gasteiger partial charge is 0.200 e. The third kappa shape index (κ3) is 12.7. The number of aromatic nitrogens is 3. The summed E-state index contributed by atoms with van der Waals surface area (Å²) in [6.45, 7) is 35.8. The number of aryl methyl sites for hydroxylation is 8. The van der Waals surface area contributed by atoms with Crippen LogP contribution in [0.3, 0.4) is 0 Å². The van der Waals surface area contributed by atoms with Gasteiger partial charge in [-0.2, -0.15) is 0 Å². The molecule has 3 fully saturated rings. The molecule has 3 aliphatic rings. The number of fused-ring (bicyclic) bond motifs is 3. The second-order valence-electron chi connectivity index (χ2n) is 30.3. The van der Waals surface area contributed by atoms with Crippen molar-refractivity contribution in [3.8, 4) is 33.8 Å². The molecule has 438 valence electrons. The number of hydrogen-bond acceptors (Lipinski definition) is 0. The second kappa shape index (κ2) is 23.5. The molecule has 84 heavy (non-hydrogen) atoms. The zero-order valence-corrected chi connectivity index (χ0v) is 58.2. The molecule has 6 heterocycles. The molecule has 6 heteroatoms. The van der Waals surface area contributed by atoms with Crippen molar-refractivity contribution >= 4 is 72.1 Å². The summed E-state index contributed by atoms with van der Waals surface area (Å²) in [5, 5.41) is 13.2. The van der Waals surface area contributed by atoms with Gasteiger partial charge < -0.3 is 0 Å². The largest absolute Gasteiger partial charge is 0.220 e. The highest BCUT2D eigenvalue weighted by atomic mass is 28.3. The minimum absolute atomic E-state index is 0.533. The van der Waals surface area contributed by atoms with Gasteiger partial charge in [-0.05, 0) is 133 Å². The Morgan fingerprint density at radius 2 is 0.679 bits per heavy atom. The number of hydrogen-bond donors (Lipinski definition) is 0. The first-order valence-electron chi connectivity index (χ1n) is 32.1. The predicted octanol–water partition coefficient (Wildman–Crippen LogP) is 18.2. The fourth-order valence-electron chi connectivity index (χ4n) is 14.7. The summed E-state index contributed by atoms with van der Waals surface area (Å²) in [7, 11) is 2.44. The van der Waals surface area contributed by atoms with E-state index in [2.05, 4.69) is 284 Å². The lowest BCUT2D eigenvalue weighted by Crippen LogP contribution is -2.48. The topological polar surface area (TPSA) is 11.6 Å². The SMILES string of the molecule is Cc1cc(C)c(C)c(-c2c3ccc([Si]4(C)CCC(C)(C)CC4)cc3cc[n+]2C)c1.Cc1ccc(C)c(-c2c3ccc([Si]4(C)CCC(C)(C)CC4)cc3cc[n+]2C)c1.Cc1ccccc1-c1c2ccc([Si]3(C)CCC(C)(C)CC3)cc2cc[n+]1C. The Morgan fingerprint density at radius 3 is 1.07 bits per heavy atom. The molecule has 3 aliphatic heterocycles. The van der Waals surface area contributed by atoms with E-state index in [1.54, 1.807) is 15.6 Å². The number of pyridine rings is 3. The van der Waals surface area contributed by atoms with Crippen LogP contribution in [-0.4, -0.2) is 24.2 Å². The summed E-state index contributed by atoms with van der Waals surface area (Å²) in [5.74, 6) is 0. The highest BCUT2D eigenvalue weighted by molar-refractivity contribution is 6.92. The van der Waals surface area contributed by atoms with Crippen LogP contribution in [0, 0.1) is 57.8 Å². The van der Waals surface area contributed by atoms with Crippen molar-refractivity contribution in [1.29, 1.82) is 0 Å². The summed E-state index contributed by atoms with van der Waals surface area (Å²) in [4.78, 5) is 0.